The topological polar surface area (TPSA) is 60.9 Å². The largest absolute Gasteiger partial charge is 0.481 e. The molecule has 2 saturated heterocycles. The van der Waals surface area contributed by atoms with Gasteiger partial charge in [0.2, 0.25) is 5.91 Å². The summed E-state index contributed by atoms with van der Waals surface area (Å²) in [6.07, 6.45) is 4.09. The summed E-state index contributed by atoms with van der Waals surface area (Å²) in [4.78, 5) is 26.7. The SMILES string of the molecule is O=C(O)C1CCN(CC(=O)N2CCCCC2)C1. The van der Waals surface area contributed by atoms with Crippen LogP contribution in [0.4, 0.5) is 0 Å². The molecule has 2 aliphatic heterocycles. The predicted octanol–water partition coefficient (Wildman–Crippen LogP) is 0.405. The summed E-state index contributed by atoms with van der Waals surface area (Å²) in [7, 11) is 0. The van der Waals surface area contributed by atoms with Crippen LogP contribution in [0.1, 0.15) is 25.7 Å². The van der Waals surface area contributed by atoms with Crippen LogP contribution in [-0.4, -0.2) is 59.5 Å². The van der Waals surface area contributed by atoms with Crippen LogP contribution in [0.5, 0.6) is 0 Å². The highest BCUT2D eigenvalue weighted by atomic mass is 16.4. The number of carboxylic acid groups (broad SMARTS) is 1. The summed E-state index contributed by atoms with van der Waals surface area (Å²) < 4.78 is 0. The zero-order chi connectivity index (χ0) is 12.3. The third-order valence-corrected chi connectivity index (χ3v) is 3.69. The van der Waals surface area contributed by atoms with Gasteiger partial charge in [-0.05, 0) is 32.2 Å². The van der Waals surface area contributed by atoms with Crippen LogP contribution in [0.2, 0.25) is 0 Å². The summed E-state index contributed by atoms with van der Waals surface area (Å²) in [5, 5.41) is 8.89. The number of hydrogen-bond donors (Lipinski definition) is 1. The molecule has 0 saturated carbocycles. The first-order valence-corrected chi connectivity index (χ1v) is 6.40. The van der Waals surface area contributed by atoms with E-state index < -0.39 is 5.97 Å². The molecule has 17 heavy (non-hydrogen) atoms. The van der Waals surface area contributed by atoms with Gasteiger partial charge in [0.15, 0.2) is 0 Å². The number of rotatable bonds is 3. The van der Waals surface area contributed by atoms with Gasteiger partial charge in [-0.1, -0.05) is 0 Å². The monoisotopic (exact) mass is 240 g/mol. The molecule has 2 fully saturated rings. The van der Waals surface area contributed by atoms with Crippen molar-refractivity contribution < 1.29 is 14.7 Å². The van der Waals surface area contributed by atoms with Crippen LogP contribution >= 0.6 is 0 Å². The third kappa shape index (κ3) is 3.19. The lowest BCUT2D eigenvalue weighted by Gasteiger charge is -2.28. The predicted molar refractivity (Wildman–Crippen MR) is 62.6 cm³/mol. The van der Waals surface area contributed by atoms with Crippen molar-refractivity contribution in [3.63, 3.8) is 0 Å². The Bertz CT molecular complexity index is 300. The summed E-state index contributed by atoms with van der Waals surface area (Å²) in [5.41, 5.74) is 0. The Balaban J connectivity index is 1.77. The molecule has 96 valence electrons. The van der Waals surface area contributed by atoms with Gasteiger partial charge in [-0.3, -0.25) is 14.5 Å². The number of carboxylic acids is 1. The van der Waals surface area contributed by atoms with Crippen molar-refractivity contribution in [2.75, 3.05) is 32.7 Å². The van der Waals surface area contributed by atoms with Gasteiger partial charge in [0, 0.05) is 19.6 Å². The number of hydrogen-bond acceptors (Lipinski definition) is 3. The normalized spacial score (nSPS) is 26.1. The number of piperidine rings is 1. The lowest BCUT2D eigenvalue weighted by molar-refractivity contribution is -0.141. The first kappa shape index (κ1) is 12.4. The Kier molecular flexibility index (Phi) is 3.99. The Morgan fingerprint density at radius 1 is 1.12 bits per heavy atom. The maximum absolute atomic E-state index is 12.0. The fourth-order valence-electron chi connectivity index (χ4n) is 2.61. The number of amides is 1. The van der Waals surface area contributed by atoms with Gasteiger partial charge in [-0.25, -0.2) is 0 Å². The molecule has 0 aromatic heterocycles. The van der Waals surface area contributed by atoms with Crippen LogP contribution in [-0.2, 0) is 9.59 Å². The average molecular weight is 240 g/mol. The van der Waals surface area contributed by atoms with Gasteiger partial charge in [0.1, 0.15) is 0 Å². The summed E-state index contributed by atoms with van der Waals surface area (Å²) in [6.45, 7) is 3.39. The highest BCUT2D eigenvalue weighted by Crippen LogP contribution is 2.17. The molecule has 2 rings (SSSR count). The van der Waals surface area contributed by atoms with Gasteiger partial charge < -0.3 is 10.0 Å². The molecule has 0 radical (unpaired) electrons. The highest BCUT2D eigenvalue weighted by molar-refractivity contribution is 5.78. The summed E-state index contributed by atoms with van der Waals surface area (Å²) in [6, 6.07) is 0. The number of nitrogens with zero attached hydrogens (tertiary/aromatic N) is 2. The molecule has 1 amide bonds. The van der Waals surface area contributed by atoms with Crippen molar-refractivity contribution in [1.82, 2.24) is 9.80 Å². The second kappa shape index (κ2) is 5.49. The van der Waals surface area contributed by atoms with E-state index in [1.165, 1.54) is 6.42 Å². The van der Waals surface area contributed by atoms with Crippen molar-refractivity contribution in [3.05, 3.63) is 0 Å². The summed E-state index contributed by atoms with van der Waals surface area (Å²) >= 11 is 0. The maximum atomic E-state index is 12.0. The number of carbonyl (C=O) groups excluding carboxylic acids is 1. The van der Waals surface area contributed by atoms with E-state index in [9.17, 15) is 9.59 Å². The first-order chi connectivity index (χ1) is 8.16. The molecule has 1 unspecified atom stereocenters. The third-order valence-electron chi connectivity index (χ3n) is 3.69. The minimum atomic E-state index is -0.738. The first-order valence-electron chi connectivity index (χ1n) is 6.40. The second-order valence-corrected chi connectivity index (χ2v) is 5.00. The van der Waals surface area contributed by atoms with Crippen LogP contribution in [0.3, 0.4) is 0 Å². The molecule has 0 aromatic carbocycles. The van der Waals surface area contributed by atoms with Gasteiger partial charge in [0.05, 0.1) is 12.5 Å². The highest BCUT2D eigenvalue weighted by Gasteiger charge is 2.30. The van der Waals surface area contributed by atoms with E-state index in [0.29, 0.717) is 19.5 Å². The second-order valence-electron chi connectivity index (χ2n) is 5.00. The van der Waals surface area contributed by atoms with Gasteiger partial charge in [-0.15, -0.1) is 0 Å². The molecule has 2 aliphatic rings. The van der Waals surface area contributed by atoms with Crippen molar-refractivity contribution in [2.45, 2.75) is 25.7 Å². The van der Waals surface area contributed by atoms with E-state index in [1.807, 2.05) is 9.80 Å². The minimum Gasteiger partial charge on any atom is -0.481 e. The van der Waals surface area contributed by atoms with E-state index >= 15 is 0 Å². The van der Waals surface area contributed by atoms with Crippen molar-refractivity contribution >= 4 is 11.9 Å². The number of aliphatic carboxylic acids is 1. The molecule has 0 bridgehead atoms. The zero-order valence-corrected chi connectivity index (χ0v) is 10.1. The average Bonchev–Trinajstić information content (AvgIpc) is 2.79. The van der Waals surface area contributed by atoms with Crippen molar-refractivity contribution in [2.24, 2.45) is 5.92 Å². The van der Waals surface area contributed by atoms with E-state index in [4.69, 9.17) is 5.11 Å². The number of carbonyl (C=O) groups is 2. The quantitative estimate of drug-likeness (QED) is 0.776. The molecule has 1 atom stereocenters. The molecule has 0 aromatic rings. The van der Waals surface area contributed by atoms with Crippen molar-refractivity contribution in [3.8, 4) is 0 Å². The minimum absolute atomic E-state index is 0.163. The smallest absolute Gasteiger partial charge is 0.307 e. The standard InChI is InChI=1S/C12H20N2O3/c15-11(14-5-2-1-3-6-14)9-13-7-4-10(8-13)12(16)17/h10H,1-9H2,(H,16,17). The molecule has 0 spiro atoms. The van der Waals surface area contributed by atoms with Crippen LogP contribution in [0, 0.1) is 5.92 Å². The van der Waals surface area contributed by atoms with Gasteiger partial charge >= 0.3 is 5.97 Å². The molecular formula is C12H20N2O3. The van der Waals surface area contributed by atoms with Gasteiger partial charge in [0.25, 0.3) is 0 Å². The molecule has 5 nitrogen and oxygen atoms in total. The Hall–Kier alpha value is -1.10. The van der Waals surface area contributed by atoms with E-state index in [-0.39, 0.29) is 11.8 Å². The van der Waals surface area contributed by atoms with Gasteiger partial charge in [-0.2, -0.15) is 0 Å². The van der Waals surface area contributed by atoms with E-state index in [2.05, 4.69) is 0 Å². The summed E-state index contributed by atoms with van der Waals surface area (Å²) in [5.74, 6) is -0.863. The molecular weight excluding hydrogens is 220 g/mol. The van der Waals surface area contributed by atoms with Crippen LogP contribution in [0.15, 0.2) is 0 Å². The van der Waals surface area contributed by atoms with Crippen LogP contribution < -0.4 is 0 Å². The fourth-order valence-corrected chi connectivity index (χ4v) is 2.61. The van der Waals surface area contributed by atoms with Crippen LogP contribution in [0.25, 0.3) is 0 Å². The number of likely N-dealkylation sites (tertiary alicyclic amines) is 2. The Labute approximate surface area is 101 Å². The van der Waals surface area contributed by atoms with E-state index in [0.717, 1.165) is 32.5 Å². The maximum Gasteiger partial charge on any atom is 0.307 e. The molecule has 5 heteroatoms. The lowest BCUT2D eigenvalue weighted by Crippen LogP contribution is -2.42. The molecule has 1 N–H and O–H groups in total. The Morgan fingerprint density at radius 2 is 1.82 bits per heavy atom. The zero-order valence-electron chi connectivity index (χ0n) is 10.1. The fraction of sp³-hybridized carbons (Fsp3) is 0.833. The molecule has 0 aliphatic carbocycles. The lowest BCUT2D eigenvalue weighted by atomic mass is 10.1. The van der Waals surface area contributed by atoms with Crippen molar-refractivity contribution in [1.29, 1.82) is 0 Å². The van der Waals surface area contributed by atoms with E-state index in [1.54, 1.807) is 0 Å². The molecule has 2 heterocycles. The Morgan fingerprint density at radius 3 is 2.41 bits per heavy atom.